The second-order valence-corrected chi connectivity index (χ2v) is 15.6. The van der Waals surface area contributed by atoms with E-state index in [1.807, 2.05) is 32.0 Å². The molecule has 0 spiro atoms. The molecule has 1 aliphatic heterocycles. The van der Waals surface area contributed by atoms with Crippen LogP contribution in [0.15, 0.2) is 65.8 Å². The summed E-state index contributed by atoms with van der Waals surface area (Å²) in [5.41, 5.74) is 3.28. The van der Waals surface area contributed by atoms with Gasteiger partial charge in [0.25, 0.3) is 15.9 Å². The number of rotatable bonds is 7. The second-order valence-electron chi connectivity index (χ2n) is 13.9. The van der Waals surface area contributed by atoms with Crippen molar-refractivity contribution in [1.82, 2.24) is 24.8 Å². The summed E-state index contributed by atoms with van der Waals surface area (Å²) in [5, 5.41) is 0. The van der Waals surface area contributed by atoms with Gasteiger partial charge in [-0.3, -0.25) is 4.79 Å². The van der Waals surface area contributed by atoms with E-state index in [4.69, 9.17) is 14.2 Å². The minimum absolute atomic E-state index is 0.0454. The molecule has 2 aromatic heterocycles. The van der Waals surface area contributed by atoms with Gasteiger partial charge in [-0.05, 0) is 55.0 Å². The fraction of sp³-hybridized carbons (Fsp3) is 0.417. The van der Waals surface area contributed by atoms with E-state index in [9.17, 15) is 13.2 Å². The van der Waals surface area contributed by atoms with E-state index in [-0.39, 0.29) is 59.0 Å². The molecule has 4 bridgehead atoms. The highest BCUT2D eigenvalue weighted by Gasteiger charge is 2.33. The first-order valence-corrected chi connectivity index (χ1v) is 17.8. The predicted octanol–water partition coefficient (Wildman–Crippen LogP) is 5.75. The summed E-state index contributed by atoms with van der Waals surface area (Å²) < 4.78 is 47.5. The number of ether oxygens (including phenoxy) is 3. The molecule has 12 nitrogen and oxygen atoms in total. The minimum Gasteiger partial charge on any atom is -0.487 e. The number of aryl methyl sites for hydroxylation is 2. The Balaban J connectivity index is 1.39. The van der Waals surface area contributed by atoms with Crippen LogP contribution >= 0.6 is 0 Å². The van der Waals surface area contributed by atoms with Gasteiger partial charge in [-0.15, -0.1) is 0 Å². The fourth-order valence-electron chi connectivity index (χ4n) is 6.18. The molecule has 3 heterocycles. The number of hydrogen-bond donors (Lipinski definition) is 1. The van der Waals surface area contributed by atoms with E-state index in [1.165, 1.54) is 12.1 Å². The Morgan fingerprint density at radius 2 is 1.67 bits per heavy atom. The van der Waals surface area contributed by atoms with Crippen molar-refractivity contribution in [2.24, 2.45) is 5.41 Å². The van der Waals surface area contributed by atoms with Crippen molar-refractivity contribution in [1.29, 1.82) is 0 Å². The summed E-state index contributed by atoms with van der Waals surface area (Å²) in [7, 11) is -2.49. The number of hydrogen-bond acceptors (Lipinski definition) is 10. The van der Waals surface area contributed by atoms with Crippen molar-refractivity contribution < 1.29 is 27.4 Å². The number of carbonyl (C=O) groups is 1. The van der Waals surface area contributed by atoms with Crippen LogP contribution in [0.3, 0.4) is 0 Å². The van der Waals surface area contributed by atoms with Crippen LogP contribution in [0.25, 0.3) is 11.3 Å². The number of benzene rings is 2. The molecule has 0 saturated heterocycles. The highest BCUT2D eigenvalue weighted by atomic mass is 32.2. The van der Waals surface area contributed by atoms with Gasteiger partial charge in [0, 0.05) is 37.1 Å². The zero-order valence-corrected chi connectivity index (χ0v) is 29.5. The third kappa shape index (κ3) is 8.00. The van der Waals surface area contributed by atoms with Gasteiger partial charge < -0.3 is 19.1 Å². The molecule has 2 aromatic carbocycles. The molecule has 1 amide bonds. The Morgan fingerprint density at radius 1 is 0.980 bits per heavy atom. The molecule has 13 heteroatoms. The maximum atomic E-state index is 14.4. The van der Waals surface area contributed by atoms with Crippen LogP contribution in [0.4, 0.5) is 5.95 Å². The number of anilines is 1. The number of nitrogens with zero attached hydrogens (tertiary/aromatic N) is 5. The van der Waals surface area contributed by atoms with E-state index in [0.717, 1.165) is 29.5 Å². The van der Waals surface area contributed by atoms with Gasteiger partial charge in [0.05, 0.1) is 41.7 Å². The lowest BCUT2D eigenvalue weighted by Gasteiger charge is -2.35. The molecule has 4 aromatic rings. The van der Waals surface area contributed by atoms with Crippen LogP contribution in [0.5, 0.6) is 11.6 Å². The van der Waals surface area contributed by atoms with E-state index >= 15 is 0 Å². The third-order valence-corrected chi connectivity index (χ3v) is 10.0. The lowest BCUT2D eigenvalue weighted by molar-refractivity contribution is -0.0383. The van der Waals surface area contributed by atoms with Crippen molar-refractivity contribution >= 4 is 21.9 Å². The molecule has 0 radical (unpaired) electrons. The first-order valence-electron chi connectivity index (χ1n) is 16.3. The maximum absolute atomic E-state index is 14.4. The highest BCUT2D eigenvalue weighted by Crippen LogP contribution is 2.32. The molecule has 1 fully saturated rings. The number of methoxy groups -OCH3 is 1. The first kappa shape index (κ1) is 34.3. The van der Waals surface area contributed by atoms with Gasteiger partial charge in [0.1, 0.15) is 18.5 Å². The van der Waals surface area contributed by atoms with Crippen molar-refractivity contribution in [3.8, 4) is 22.9 Å². The van der Waals surface area contributed by atoms with Gasteiger partial charge in [0.15, 0.2) is 5.75 Å². The summed E-state index contributed by atoms with van der Waals surface area (Å²) in [4.78, 5) is 34.1. The van der Waals surface area contributed by atoms with E-state index in [0.29, 0.717) is 23.7 Å². The number of carbonyl (C=O) groups excluding carboxylic acids is 1. The molecule has 49 heavy (non-hydrogen) atoms. The Bertz CT molecular complexity index is 1920. The summed E-state index contributed by atoms with van der Waals surface area (Å²) in [5.74, 6) is 0.600. The largest absolute Gasteiger partial charge is 0.487 e. The lowest BCUT2D eigenvalue weighted by atomic mass is 9.87. The molecular weight excluding hydrogens is 644 g/mol. The maximum Gasteiger partial charge on any atom is 0.264 e. The molecule has 6 rings (SSSR count). The van der Waals surface area contributed by atoms with Gasteiger partial charge in [0.2, 0.25) is 11.8 Å². The second kappa shape index (κ2) is 13.7. The Morgan fingerprint density at radius 3 is 2.35 bits per heavy atom. The zero-order chi connectivity index (χ0) is 34.9. The monoisotopic (exact) mass is 686 g/mol. The molecule has 1 N–H and O–H groups in total. The number of aromatic nitrogens is 4. The predicted molar refractivity (Wildman–Crippen MR) is 184 cm³/mol. The number of fused-ring (bicyclic) bond motifs is 4. The van der Waals surface area contributed by atoms with Crippen LogP contribution in [-0.4, -0.2) is 71.1 Å². The third-order valence-electron chi connectivity index (χ3n) is 8.71. The van der Waals surface area contributed by atoms with Crippen molar-refractivity contribution in [2.75, 3.05) is 18.4 Å². The van der Waals surface area contributed by atoms with Gasteiger partial charge in [-0.25, -0.2) is 28.1 Å². The highest BCUT2D eigenvalue weighted by molar-refractivity contribution is 7.92. The standard InChI is InChI=1S/C36H42N6O6S/c1-22-9-7-10-23(2)33(22)30-16-32-40-35(39-30)41-49(44,45)29-12-8-11-24(13-29)34(43)42(25(21-47-32)17-36(3,4)5)20-31-37-18-28(19-38-31)48-27-14-26(15-27)46-6/h7-13,16,18-19,25-27H,14-15,17,20-21H2,1-6H3,(H,39,40,41)/t25-,26?,27?/m1/s1. The number of nitrogens with one attached hydrogen (secondary N) is 1. The van der Waals surface area contributed by atoms with Crippen LogP contribution in [0.1, 0.15) is 67.3 Å². The zero-order valence-electron chi connectivity index (χ0n) is 28.6. The topological polar surface area (TPSA) is 146 Å². The normalized spacial score (nSPS) is 20.5. The minimum atomic E-state index is -4.19. The van der Waals surface area contributed by atoms with Gasteiger partial charge >= 0.3 is 0 Å². The van der Waals surface area contributed by atoms with Crippen molar-refractivity contribution in [3.63, 3.8) is 0 Å². The van der Waals surface area contributed by atoms with Crippen LogP contribution in [0, 0.1) is 19.3 Å². The average molecular weight is 687 g/mol. The van der Waals surface area contributed by atoms with E-state index in [1.54, 1.807) is 42.6 Å². The first-order chi connectivity index (χ1) is 23.3. The van der Waals surface area contributed by atoms with Crippen molar-refractivity contribution in [2.45, 2.75) is 83.6 Å². The van der Waals surface area contributed by atoms with Crippen LogP contribution < -0.4 is 14.2 Å². The average Bonchev–Trinajstić information content (AvgIpc) is 3.03. The van der Waals surface area contributed by atoms with E-state index < -0.39 is 16.1 Å². The molecule has 2 aliphatic rings. The number of amides is 1. The van der Waals surface area contributed by atoms with Crippen molar-refractivity contribution in [3.05, 3.63) is 83.4 Å². The van der Waals surface area contributed by atoms with Gasteiger partial charge in [-0.2, -0.15) is 4.98 Å². The van der Waals surface area contributed by atoms with Crippen LogP contribution in [-0.2, 0) is 21.3 Å². The molecule has 1 atom stereocenters. The number of sulfonamides is 1. The molecule has 1 saturated carbocycles. The Hall–Kier alpha value is -4.62. The lowest BCUT2D eigenvalue weighted by Crippen LogP contribution is -2.45. The fourth-order valence-corrected chi connectivity index (χ4v) is 7.17. The smallest absolute Gasteiger partial charge is 0.264 e. The molecule has 258 valence electrons. The summed E-state index contributed by atoms with van der Waals surface area (Å²) in [6.45, 7) is 10.3. The quantitative estimate of drug-likeness (QED) is 0.255. The Kier molecular flexibility index (Phi) is 9.58. The SMILES string of the molecule is COC1CC(Oc2cnc(CN3C(=O)c4cccc(c4)S(=O)(=O)Nc4nc(cc(-c5c(C)cccc5C)n4)OC[C@H]3CC(C)(C)C)nc2)C1. The molecule has 0 unspecified atom stereocenters. The molecular formula is C36H42N6O6S. The van der Waals surface area contributed by atoms with Gasteiger partial charge in [-0.1, -0.05) is 45.0 Å². The molecule has 1 aliphatic carbocycles. The Labute approximate surface area is 287 Å². The summed E-state index contributed by atoms with van der Waals surface area (Å²) >= 11 is 0. The summed E-state index contributed by atoms with van der Waals surface area (Å²) in [6, 6.07) is 13.1. The van der Waals surface area contributed by atoms with E-state index in [2.05, 4.69) is 45.4 Å². The summed E-state index contributed by atoms with van der Waals surface area (Å²) in [6.07, 6.45) is 5.63. The van der Waals surface area contributed by atoms with Crippen LogP contribution in [0.2, 0.25) is 0 Å².